The number of fused-ring (bicyclic) bond motifs is 5. The predicted molar refractivity (Wildman–Crippen MR) is 173 cm³/mol. The van der Waals surface area contributed by atoms with Crippen LogP contribution in [0, 0.1) is 64.6 Å². The molecule has 4 rings (SSSR count). The number of hydrogen-bond acceptors (Lipinski definition) is 0. The van der Waals surface area contributed by atoms with Crippen molar-refractivity contribution in [2.24, 2.45) is 51.8 Å². The van der Waals surface area contributed by atoms with E-state index >= 15 is 0 Å². The Bertz CT molecular complexity index is 579. The van der Waals surface area contributed by atoms with E-state index in [0.717, 1.165) is 35.5 Å². The van der Waals surface area contributed by atoms with E-state index in [2.05, 4.69) is 54.4 Å². The van der Waals surface area contributed by atoms with Crippen LogP contribution < -0.4 is 0 Å². The molecule has 4 fully saturated rings. The van der Waals surface area contributed by atoms with Gasteiger partial charge in [-0.3, -0.25) is 0 Å². The van der Waals surface area contributed by atoms with Crippen LogP contribution in [0.1, 0.15) is 174 Å². The van der Waals surface area contributed by atoms with Gasteiger partial charge in [-0.25, -0.2) is 0 Å². The number of hydrogen-bond donors (Lipinski definition) is 0. The normalized spacial score (nSPS) is 37.4. The molecule has 4 aliphatic rings. The fraction of sp³-hybridized carbons (Fsp3) is 0.946. The minimum absolute atomic E-state index is 0. The minimum Gasteiger partial charge on any atom is -0.124 e. The van der Waals surface area contributed by atoms with Crippen molar-refractivity contribution >= 4 is 0 Å². The van der Waals surface area contributed by atoms with Gasteiger partial charge in [-0.05, 0) is 110 Å². The molecule has 0 bridgehead atoms. The molecule has 0 radical (unpaired) electrons. The van der Waals surface area contributed by atoms with Gasteiger partial charge in [0.15, 0.2) is 0 Å². The zero-order chi connectivity index (χ0) is 28.2. The standard InChI is InChI=1S/C28H50.3C2H6.C2H2.CH4/c1-20-10-9-12-23-22(20)14-16-25-24-15-13-21(11-7-8-17-26(2,3)4)27(24,5)18-19-28(23,25)6;4*1-2;/h20-25H,7-19H2,1-6H3;3*1-2H3;1-2H;1H4. The van der Waals surface area contributed by atoms with E-state index in [1.54, 1.807) is 44.9 Å². The molecule has 0 nitrogen and oxygen atoms in total. The largest absolute Gasteiger partial charge is 0.124 e. The van der Waals surface area contributed by atoms with Crippen molar-refractivity contribution in [3.05, 3.63) is 0 Å². The first-order valence-electron chi connectivity index (χ1n) is 16.5. The molecule has 222 valence electrons. The van der Waals surface area contributed by atoms with Crippen molar-refractivity contribution in [1.82, 2.24) is 0 Å². The van der Waals surface area contributed by atoms with E-state index in [9.17, 15) is 0 Å². The Morgan fingerprint density at radius 3 is 1.76 bits per heavy atom. The topological polar surface area (TPSA) is 0 Å². The molecular formula is C37H74. The van der Waals surface area contributed by atoms with Gasteiger partial charge in [-0.2, -0.15) is 0 Å². The summed E-state index contributed by atoms with van der Waals surface area (Å²) in [5.74, 6) is 6.27. The van der Waals surface area contributed by atoms with E-state index < -0.39 is 0 Å². The lowest BCUT2D eigenvalue weighted by Crippen LogP contribution is -2.55. The van der Waals surface area contributed by atoms with Crippen molar-refractivity contribution in [2.75, 3.05) is 0 Å². The Labute approximate surface area is 238 Å². The molecule has 0 aromatic heterocycles. The summed E-state index contributed by atoms with van der Waals surface area (Å²) in [6.07, 6.45) is 27.8. The molecule has 0 saturated heterocycles. The molecule has 0 aliphatic heterocycles. The average Bonchev–Trinajstić information content (AvgIpc) is 3.22. The van der Waals surface area contributed by atoms with Crippen LogP contribution in [0.15, 0.2) is 0 Å². The number of terminal acetylenes is 1. The summed E-state index contributed by atoms with van der Waals surface area (Å²) in [6.45, 7) is 27.3. The third-order valence-corrected chi connectivity index (χ3v) is 11.0. The maximum Gasteiger partial charge on any atom is -0.0263 e. The summed E-state index contributed by atoms with van der Waals surface area (Å²) >= 11 is 0. The van der Waals surface area contributed by atoms with Gasteiger partial charge < -0.3 is 0 Å². The summed E-state index contributed by atoms with van der Waals surface area (Å²) in [6, 6.07) is 0. The Balaban J connectivity index is 0. The van der Waals surface area contributed by atoms with Crippen molar-refractivity contribution in [3.63, 3.8) is 0 Å². The highest BCUT2D eigenvalue weighted by Gasteiger charge is 2.61. The lowest BCUT2D eigenvalue weighted by atomic mass is 9.42. The van der Waals surface area contributed by atoms with Crippen LogP contribution >= 0.6 is 0 Å². The highest BCUT2D eigenvalue weighted by Crippen LogP contribution is 2.69. The average molecular weight is 519 g/mol. The molecule has 4 aliphatic carbocycles. The quantitative estimate of drug-likeness (QED) is 0.256. The van der Waals surface area contributed by atoms with Gasteiger partial charge in [-0.15, -0.1) is 12.8 Å². The van der Waals surface area contributed by atoms with Crippen LogP contribution in [-0.4, -0.2) is 0 Å². The van der Waals surface area contributed by atoms with E-state index in [4.69, 9.17) is 0 Å². The predicted octanol–water partition coefficient (Wildman–Crippen LogP) is 12.9. The minimum atomic E-state index is 0. The van der Waals surface area contributed by atoms with Gasteiger partial charge in [-0.1, -0.05) is 116 Å². The van der Waals surface area contributed by atoms with Gasteiger partial charge in [0.25, 0.3) is 0 Å². The second-order valence-electron chi connectivity index (χ2n) is 13.6. The Hall–Kier alpha value is -0.440. The van der Waals surface area contributed by atoms with E-state index in [-0.39, 0.29) is 7.43 Å². The SMILES string of the molecule is C.C#C.CC.CC.CC.CC1CCCC2C1CCC1C3CCC(CCCCC(C)(C)C)C3(C)CCC21C. The highest BCUT2D eigenvalue weighted by molar-refractivity contribution is 5.10. The number of unbranched alkanes of at least 4 members (excludes halogenated alkanes) is 1. The molecule has 8 unspecified atom stereocenters. The Morgan fingerprint density at radius 1 is 0.676 bits per heavy atom. The summed E-state index contributed by atoms with van der Waals surface area (Å²) < 4.78 is 0. The second-order valence-corrected chi connectivity index (χ2v) is 13.6. The van der Waals surface area contributed by atoms with Gasteiger partial charge in [0.05, 0.1) is 0 Å². The van der Waals surface area contributed by atoms with E-state index in [0.29, 0.717) is 16.2 Å². The van der Waals surface area contributed by atoms with Crippen LogP contribution in [-0.2, 0) is 0 Å². The van der Waals surface area contributed by atoms with E-state index in [1.807, 2.05) is 41.5 Å². The lowest BCUT2D eigenvalue weighted by Gasteiger charge is -2.62. The monoisotopic (exact) mass is 519 g/mol. The van der Waals surface area contributed by atoms with Gasteiger partial charge >= 0.3 is 0 Å². The number of rotatable bonds is 4. The van der Waals surface area contributed by atoms with Gasteiger partial charge in [0, 0.05) is 0 Å². The summed E-state index contributed by atoms with van der Waals surface area (Å²) in [7, 11) is 0. The van der Waals surface area contributed by atoms with Crippen molar-refractivity contribution < 1.29 is 0 Å². The van der Waals surface area contributed by atoms with Crippen LogP contribution in [0.3, 0.4) is 0 Å². The van der Waals surface area contributed by atoms with Crippen LogP contribution in [0.2, 0.25) is 0 Å². The zero-order valence-electron chi connectivity index (χ0n) is 27.3. The Kier molecular flexibility index (Phi) is 18.8. The third kappa shape index (κ3) is 9.04. The molecular weight excluding hydrogens is 444 g/mol. The molecule has 0 amide bonds. The maximum absolute atomic E-state index is 4.00. The summed E-state index contributed by atoms with van der Waals surface area (Å²) in [4.78, 5) is 0. The van der Waals surface area contributed by atoms with Crippen LogP contribution in [0.25, 0.3) is 0 Å². The van der Waals surface area contributed by atoms with Crippen LogP contribution in [0.5, 0.6) is 0 Å². The zero-order valence-corrected chi connectivity index (χ0v) is 27.3. The molecule has 0 N–H and O–H groups in total. The first-order valence-corrected chi connectivity index (χ1v) is 16.5. The van der Waals surface area contributed by atoms with E-state index in [1.165, 1.54) is 38.5 Å². The van der Waals surface area contributed by atoms with Gasteiger partial charge in [0.2, 0.25) is 0 Å². The molecule has 0 aromatic carbocycles. The van der Waals surface area contributed by atoms with Crippen molar-refractivity contribution in [2.45, 2.75) is 174 Å². The molecule has 4 saturated carbocycles. The fourth-order valence-corrected chi connectivity index (χ4v) is 9.25. The smallest absolute Gasteiger partial charge is 0.0263 e. The first-order chi connectivity index (χ1) is 17.2. The van der Waals surface area contributed by atoms with Crippen LogP contribution in [0.4, 0.5) is 0 Å². The summed E-state index contributed by atoms with van der Waals surface area (Å²) in [5.41, 5.74) is 1.88. The second kappa shape index (κ2) is 18.0. The lowest BCUT2D eigenvalue weighted by molar-refractivity contribution is -0.133. The molecule has 8 atom stereocenters. The highest BCUT2D eigenvalue weighted by atomic mass is 14.7. The maximum atomic E-state index is 4.00. The Morgan fingerprint density at radius 2 is 1.19 bits per heavy atom. The molecule has 0 spiro atoms. The van der Waals surface area contributed by atoms with Crippen molar-refractivity contribution in [1.29, 1.82) is 0 Å². The van der Waals surface area contributed by atoms with Crippen molar-refractivity contribution in [3.8, 4) is 12.8 Å². The molecule has 0 aromatic rings. The third-order valence-electron chi connectivity index (χ3n) is 11.0. The first kappa shape index (κ1) is 38.7. The van der Waals surface area contributed by atoms with Gasteiger partial charge in [0.1, 0.15) is 0 Å². The molecule has 37 heavy (non-hydrogen) atoms. The molecule has 0 heterocycles. The fourth-order valence-electron chi connectivity index (χ4n) is 9.25. The molecule has 0 heteroatoms. The summed E-state index contributed by atoms with van der Waals surface area (Å²) in [5, 5.41) is 0.